The number of nitrogens with one attached hydrogen (secondary N) is 3. The molecule has 2 heterocycles. The van der Waals surface area contributed by atoms with Gasteiger partial charge < -0.3 is 20.4 Å². The van der Waals surface area contributed by atoms with Crippen molar-refractivity contribution in [3.8, 4) is 0 Å². The fraction of sp³-hybridized carbons (Fsp3) is 0.158. The molecule has 3 N–H and O–H groups in total. The number of carbonyl (C=O) groups excluding carboxylic acids is 3. The molecule has 0 aliphatic heterocycles. The van der Waals surface area contributed by atoms with Gasteiger partial charge in [-0.25, -0.2) is 4.98 Å². The molecule has 0 saturated carbocycles. The lowest BCUT2D eigenvalue weighted by atomic mass is 10.3. The van der Waals surface area contributed by atoms with E-state index in [9.17, 15) is 14.4 Å². The fourth-order valence-corrected chi connectivity index (χ4v) is 3.28. The van der Waals surface area contributed by atoms with Gasteiger partial charge in [0.2, 0.25) is 17.7 Å². The molecule has 144 valence electrons. The smallest absolute Gasteiger partial charge is 0.244 e. The minimum Gasteiger partial charge on any atom is -0.465 e. The molecule has 0 atom stereocenters. The molecule has 9 heteroatoms. The van der Waals surface area contributed by atoms with E-state index in [-0.39, 0.29) is 30.7 Å². The molecule has 0 spiro atoms. The zero-order valence-corrected chi connectivity index (χ0v) is 15.8. The summed E-state index contributed by atoms with van der Waals surface area (Å²) < 4.78 is 5.93. The maximum absolute atomic E-state index is 12.1. The average molecular weight is 398 g/mol. The summed E-state index contributed by atoms with van der Waals surface area (Å²) in [6.07, 6.45) is 4.56. The maximum atomic E-state index is 12.1. The molecule has 0 unspecified atom stereocenters. The van der Waals surface area contributed by atoms with Gasteiger partial charge in [-0.1, -0.05) is 11.3 Å². The van der Waals surface area contributed by atoms with Crippen LogP contribution in [-0.2, 0) is 14.4 Å². The molecular weight excluding hydrogens is 380 g/mol. The second-order valence-electron chi connectivity index (χ2n) is 5.82. The summed E-state index contributed by atoms with van der Waals surface area (Å²) in [6, 6.07) is 8.76. The minimum atomic E-state index is -0.305. The number of furan rings is 1. The van der Waals surface area contributed by atoms with Crippen LogP contribution in [0.15, 0.2) is 47.1 Å². The first-order valence-corrected chi connectivity index (χ1v) is 9.29. The Bertz CT molecular complexity index is 1020. The number of carbonyl (C=O) groups is 3. The van der Waals surface area contributed by atoms with E-state index in [0.717, 1.165) is 10.2 Å². The summed E-state index contributed by atoms with van der Waals surface area (Å²) >= 11 is 1.33. The Hall–Kier alpha value is -3.46. The Morgan fingerprint density at radius 2 is 2.07 bits per heavy atom. The molecule has 0 radical (unpaired) electrons. The number of anilines is 2. The number of fused-ring (bicyclic) bond motifs is 1. The number of aromatic nitrogens is 1. The summed E-state index contributed by atoms with van der Waals surface area (Å²) in [5.74, 6) is -0.135. The van der Waals surface area contributed by atoms with Gasteiger partial charge in [0.1, 0.15) is 5.76 Å². The van der Waals surface area contributed by atoms with Crippen molar-refractivity contribution in [2.45, 2.75) is 13.3 Å². The second-order valence-corrected chi connectivity index (χ2v) is 6.85. The van der Waals surface area contributed by atoms with Crippen molar-refractivity contribution < 1.29 is 18.8 Å². The van der Waals surface area contributed by atoms with Crippen molar-refractivity contribution >= 4 is 56.2 Å². The van der Waals surface area contributed by atoms with Gasteiger partial charge in [-0.3, -0.25) is 14.4 Å². The number of hydrogen-bond acceptors (Lipinski definition) is 6. The third kappa shape index (κ3) is 5.52. The highest BCUT2D eigenvalue weighted by Crippen LogP contribution is 2.28. The van der Waals surface area contributed by atoms with E-state index in [0.29, 0.717) is 16.6 Å². The average Bonchev–Trinajstić information content (AvgIpc) is 3.28. The summed E-state index contributed by atoms with van der Waals surface area (Å²) in [4.78, 5) is 39.2. The lowest BCUT2D eigenvalue weighted by molar-refractivity contribution is -0.117. The molecule has 3 rings (SSSR count). The van der Waals surface area contributed by atoms with E-state index in [1.807, 2.05) is 0 Å². The van der Waals surface area contributed by atoms with Gasteiger partial charge >= 0.3 is 0 Å². The van der Waals surface area contributed by atoms with Crippen LogP contribution in [0.3, 0.4) is 0 Å². The topological polar surface area (TPSA) is 113 Å². The monoisotopic (exact) mass is 398 g/mol. The van der Waals surface area contributed by atoms with Crippen LogP contribution in [0.5, 0.6) is 0 Å². The van der Waals surface area contributed by atoms with Gasteiger partial charge in [0.15, 0.2) is 5.13 Å². The number of amides is 3. The predicted octanol–water partition coefficient (Wildman–Crippen LogP) is 3.01. The number of hydrogen-bond donors (Lipinski definition) is 3. The Morgan fingerprint density at radius 3 is 2.82 bits per heavy atom. The van der Waals surface area contributed by atoms with Gasteiger partial charge in [0.05, 0.1) is 16.5 Å². The summed E-state index contributed by atoms with van der Waals surface area (Å²) in [5.41, 5.74) is 1.36. The summed E-state index contributed by atoms with van der Waals surface area (Å²) in [6.45, 7) is 1.63. The second kappa shape index (κ2) is 8.96. The first-order chi connectivity index (χ1) is 13.5. The van der Waals surface area contributed by atoms with Crippen LogP contribution < -0.4 is 16.0 Å². The molecule has 8 nitrogen and oxygen atoms in total. The molecule has 0 fully saturated rings. The van der Waals surface area contributed by atoms with E-state index < -0.39 is 0 Å². The molecule has 3 amide bonds. The first kappa shape index (κ1) is 19.3. The van der Waals surface area contributed by atoms with Crippen molar-refractivity contribution in [2.24, 2.45) is 0 Å². The van der Waals surface area contributed by atoms with Crippen LogP contribution in [0.2, 0.25) is 0 Å². The molecule has 28 heavy (non-hydrogen) atoms. The molecule has 0 aliphatic rings. The molecular formula is C19H18N4O4S. The van der Waals surface area contributed by atoms with Crippen LogP contribution in [0, 0.1) is 0 Å². The summed E-state index contributed by atoms with van der Waals surface area (Å²) in [5, 5.41) is 8.57. The predicted molar refractivity (Wildman–Crippen MR) is 108 cm³/mol. The highest BCUT2D eigenvalue weighted by Gasteiger charge is 2.08. The highest BCUT2D eigenvalue weighted by molar-refractivity contribution is 7.22. The first-order valence-electron chi connectivity index (χ1n) is 8.47. The molecule has 1 aromatic carbocycles. The van der Waals surface area contributed by atoms with Crippen LogP contribution in [0.4, 0.5) is 10.8 Å². The Labute approximate surface area is 164 Å². The zero-order chi connectivity index (χ0) is 19.9. The van der Waals surface area contributed by atoms with Crippen LogP contribution in [0.1, 0.15) is 19.1 Å². The van der Waals surface area contributed by atoms with Gasteiger partial charge in [0.25, 0.3) is 0 Å². The largest absolute Gasteiger partial charge is 0.465 e. The molecule has 3 aromatic rings. The van der Waals surface area contributed by atoms with Gasteiger partial charge in [-0.2, -0.15) is 0 Å². The Balaban J connectivity index is 1.47. The fourth-order valence-electron chi connectivity index (χ4n) is 2.33. The maximum Gasteiger partial charge on any atom is 0.244 e. The van der Waals surface area contributed by atoms with Crippen molar-refractivity contribution in [2.75, 3.05) is 17.2 Å². The van der Waals surface area contributed by atoms with Crippen LogP contribution in [-0.4, -0.2) is 29.3 Å². The van der Waals surface area contributed by atoms with Gasteiger partial charge in [-0.15, -0.1) is 0 Å². The van der Waals surface area contributed by atoms with E-state index in [4.69, 9.17) is 4.42 Å². The summed E-state index contributed by atoms with van der Waals surface area (Å²) in [7, 11) is 0. The minimum absolute atomic E-state index is 0.137. The molecule has 0 aliphatic carbocycles. The van der Waals surface area contributed by atoms with Gasteiger partial charge in [0, 0.05) is 31.7 Å². The number of thiazole rings is 1. The van der Waals surface area contributed by atoms with Gasteiger partial charge in [-0.05, 0) is 36.4 Å². The van der Waals surface area contributed by atoms with Crippen molar-refractivity contribution in [3.05, 3.63) is 48.4 Å². The zero-order valence-electron chi connectivity index (χ0n) is 15.0. The van der Waals surface area contributed by atoms with Crippen molar-refractivity contribution in [1.82, 2.24) is 10.3 Å². The van der Waals surface area contributed by atoms with E-state index >= 15 is 0 Å². The van der Waals surface area contributed by atoms with Crippen LogP contribution in [0.25, 0.3) is 16.3 Å². The van der Waals surface area contributed by atoms with Crippen molar-refractivity contribution in [1.29, 1.82) is 0 Å². The Kier molecular flexibility index (Phi) is 6.18. The number of benzene rings is 1. The Morgan fingerprint density at radius 1 is 1.21 bits per heavy atom. The van der Waals surface area contributed by atoms with Crippen molar-refractivity contribution in [3.63, 3.8) is 0 Å². The quantitative estimate of drug-likeness (QED) is 0.530. The standard InChI is InChI=1S/C19H18N4O4S/c1-12(24)21-19-23-15-6-4-13(11-16(15)28-19)22-18(26)8-9-20-17(25)7-5-14-3-2-10-27-14/h2-7,10-11H,8-9H2,1H3,(H,20,25)(H,22,26)(H,21,23,24). The van der Waals surface area contributed by atoms with E-state index in [2.05, 4.69) is 20.9 Å². The lowest BCUT2D eigenvalue weighted by Crippen LogP contribution is -2.26. The van der Waals surface area contributed by atoms with E-state index in [1.165, 1.54) is 30.6 Å². The SMILES string of the molecule is CC(=O)Nc1nc2ccc(NC(=O)CCNC(=O)C=Cc3ccco3)cc2s1. The molecule has 2 aromatic heterocycles. The lowest BCUT2D eigenvalue weighted by Gasteiger charge is -2.05. The van der Waals surface area contributed by atoms with E-state index in [1.54, 1.807) is 36.4 Å². The highest BCUT2D eigenvalue weighted by atomic mass is 32.1. The third-order valence-corrected chi connectivity index (χ3v) is 4.48. The third-order valence-electron chi connectivity index (χ3n) is 3.55. The molecule has 0 saturated heterocycles. The normalized spacial score (nSPS) is 10.9. The van der Waals surface area contributed by atoms with Crippen LogP contribution >= 0.6 is 11.3 Å². The number of nitrogens with zero attached hydrogens (tertiary/aromatic N) is 1. The molecule has 0 bridgehead atoms. The number of rotatable bonds is 7.